The lowest BCUT2D eigenvalue weighted by atomic mass is 9.47. The molecule has 0 aromatic rings. The maximum Gasteiger partial charge on any atom is 0.200 e. The minimum atomic E-state index is -1.83. The van der Waals surface area contributed by atoms with Crippen molar-refractivity contribution in [2.75, 3.05) is 6.61 Å². The van der Waals surface area contributed by atoms with Gasteiger partial charge in [0.05, 0.1) is 0 Å². The minimum absolute atomic E-state index is 0.359. The van der Waals surface area contributed by atoms with Crippen LogP contribution in [0.4, 0.5) is 0 Å². The molecule has 3 fully saturated rings. The Bertz CT molecular complexity index is 735. The Kier molecular flexibility index (Phi) is 7.63. The summed E-state index contributed by atoms with van der Waals surface area (Å²) in [5.41, 5.74) is 4.59. The van der Waals surface area contributed by atoms with Crippen molar-refractivity contribution in [1.29, 1.82) is 0 Å². The van der Waals surface area contributed by atoms with Crippen LogP contribution in [-0.4, -0.2) is 26.1 Å². The summed E-state index contributed by atoms with van der Waals surface area (Å²) in [6.07, 6.45) is 13.7. The van der Waals surface area contributed by atoms with Crippen molar-refractivity contribution in [2.24, 2.45) is 40.4 Å². The highest BCUT2D eigenvalue weighted by Gasteiger charge is 2.59. The molecule has 4 aliphatic carbocycles. The van der Waals surface area contributed by atoms with Gasteiger partial charge in [-0.1, -0.05) is 74.0 Å². The van der Waals surface area contributed by atoms with Crippen LogP contribution in [0.5, 0.6) is 0 Å². The van der Waals surface area contributed by atoms with Crippen LogP contribution >= 0.6 is 0 Å². The molecule has 0 amide bonds. The van der Waals surface area contributed by atoms with Crippen molar-refractivity contribution < 1.29 is 9.53 Å². The van der Waals surface area contributed by atoms with E-state index in [-0.39, 0.29) is 0 Å². The third-order valence-corrected chi connectivity index (χ3v) is 18.3. The quantitative estimate of drug-likeness (QED) is 0.287. The summed E-state index contributed by atoms with van der Waals surface area (Å²) >= 11 is 0. The molecular formula is C31H56O2Si. The van der Waals surface area contributed by atoms with Crippen molar-refractivity contribution in [3.63, 3.8) is 0 Å². The molecule has 0 aliphatic heterocycles. The normalized spacial score (nSPS) is 41.3. The first kappa shape index (κ1) is 26.9. The second-order valence-corrected chi connectivity index (χ2v) is 19.9. The molecule has 0 heterocycles. The average molecular weight is 489 g/mol. The summed E-state index contributed by atoms with van der Waals surface area (Å²) in [5.74, 6) is 3.74. The molecule has 0 radical (unpaired) electrons. The van der Waals surface area contributed by atoms with Crippen molar-refractivity contribution in [1.82, 2.24) is 0 Å². The predicted molar refractivity (Wildman–Crippen MR) is 147 cm³/mol. The van der Waals surface area contributed by atoms with E-state index in [1.807, 2.05) is 0 Å². The number of fused-ring (bicyclic) bond motifs is 5. The average Bonchev–Trinajstić information content (AvgIpc) is 3.13. The minimum Gasteiger partial charge on any atom is -0.413 e. The third-order valence-electron chi connectivity index (χ3n) is 12.2. The summed E-state index contributed by atoms with van der Waals surface area (Å²) in [7, 11) is -1.83. The Labute approximate surface area is 212 Å². The maximum absolute atomic E-state index is 9.92. The van der Waals surface area contributed by atoms with E-state index in [1.54, 1.807) is 5.57 Å². The molecule has 8 atom stereocenters. The fourth-order valence-corrected chi connectivity index (χ4v) is 16.1. The zero-order valence-corrected chi connectivity index (χ0v) is 25.0. The highest BCUT2D eigenvalue weighted by molar-refractivity contribution is 6.77. The van der Waals surface area contributed by atoms with Gasteiger partial charge in [0.25, 0.3) is 0 Å². The van der Waals surface area contributed by atoms with Gasteiger partial charge in [0.15, 0.2) is 0 Å². The van der Waals surface area contributed by atoms with Crippen LogP contribution in [0.25, 0.3) is 0 Å². The first-order valence-corrected chi connectivity index (χ1v) is 17.0. The number of hydrogen-bond acceptors (Lipinski definition) is 2. The Hall–Kier alpha value is -0.123. The molecule has 0 bridgehead atoms. The summed E-state index contributed by atoms with van der Waals surface area (Å²) in [5, 5.41) is 9.92. The lowest BCUT2D eigenvalue weighted by Crippen LogP contribution is -2.53. The van der Waals surface area contributed by atoms with Crippen LogP contribution in [-0.2, 0) is 4.43 Å². The highest BCUT2D eigenvalue weighted by Crippen LogP contribution is 2.67. The molecule has 1 N–H and O–H groups in total. The molecule has 3 saturated carbocycles. The zero-order valence-electron chi connectivity index (χ0n) is 24.0. The fourth-order valence-electron chi connectivity index (χ4n) is 10.5. The lowest BCUT2D eigenvalue weighted by Gasteiger charge is -2.59. The second-order valence-electron chi connectivity index (χ2n) is 14.4. The summed E-state index contributed by atoms with van der Waals surface area (Å²) in [4.78, 5) is 0. The van der Waals surface area contributed by atoms with E-state index in [4.69, 9.17) is 4.43 Å². The molecule has 0 spiro atoms. The largest absolute Gasteiger partial charge is 0.413 e. The topological polar surface area (TPSA) is 29.5 Å². The Morgan fingerprint density at radius 2 is 1.56 bits per heavy atom. The van der Waals surface area contributed by atoms with Crippen molar-refractivity contribution in [3.05, 3.63) is 11.6 Å². The van der Waals surface area contributed by atoms with E-state index in [9.17, 15) is 5.11 Å². The molecule has 0 aromatic heterocycles. The van der Waals surface area contributed by atoms with Gasteiger partial charge >= 0.3 is 0 Å². The summed E-state index contributed by atoms with van der Waals surface area (Å²) in [6, 6.07) is 0. The van der Waals surface area contributed by atoms with Crippen LogP contribution in [0, 0.1) is 40.4 Å². The third kappa shape index (κ3) is 4.03. The SMILES string of the molecule is CC(CO)[C@H]1CC[C@H]2[C@@H]3CC=C4CC(O[Si](C(C)C)(C(C)C)C(C)C)CC[C@]4(C)[C@H]3CC[C@]12C. The number of allylic oxidation sites excluding steroid dienone is 1. The zero-order chi connectivity index (χ0) is 25.1. The molecule has 0 aromatic carbocycles. The Morgan fingerprint density at radius 3 is 2.15 bits per heavy atom. The van der Waals surface area contributed by atoms with E-state index in [0.29, 0.717) is 52.0 Å². The van der Waals surface area contributed by atoms with Gasteiger partial charge in [0, 0.05) is 12.7 Å². The van der Waals surface area contributed by atoms with Gasteiger partial charge in [-0.15, -0.1) is 0 Å². The first-order valence-electron chi connectivity index (χ1n) is 14.9. The van der Waals surface area contributed by atoms with Gasteiger partial charge in [-0.05, 0) is 108 Å². The van der Waals surface area contributed by atoms with Crippen LogP contribution in [0.15, 0.2) is 11.6 Å². The summed E-state index contributed by atoms with van der Waals surface area (Å²) in [6.45, 7) is 22.4. The highest BCUT2D eigenvalue weighted by atomic mass is 28.4. The Balaban J connectivity index is 1.54. The number of aliphatic hydroxyl groups is 1. The molecule has 3 heteroatoms. The van der Waals surface area contributed by atoms with Gasteiger partial charge in [0.2, 0.25) is 8.32 Å². The predicted octanol–water partition coefficient (Wildman–Crippen LogP) is 8.75. The van der Waals surface area contributed by atoms with Gasteiger partial charge in [-0.3, -0.25) is 0 Å². The maximum atomic E-state index is 9.92. The number of hydrogen-bond donors (Lipinski definition) is 1. The van der Waals surface area contributed by atoms with E-state index in [1.165, 1.54) is 51.4 Å². The lowest BCUT2D eigenvalue weighted by molar-refractivity contribution is -0.0593. The molecule has 4 rings (SSSR count). The van der Waals surface area contributed by atoms with Gasteiger partial charge in [-0.25, -0.2) is 0 Å². The van der Waals surface area contributed by atoms with Crippen LogP contribution in [0.3, 0.4) is 0 Å². The van der Waals surface area contributed by atoms with Crippen molar-refractivity contribution in [3.8, 4) is 0 Å². The van der Waals surface area contributed by atoms with Gasteiger partial charge in [-0.2, -0.15) is 0 Å². The van der Waals surface area contributed by atoms with Crippen LogP contribution in [0.2, 0.25) is 16.6 Å². The second kappa shape index (κ2) is 9.64. The summed E-state index contributed by atoms with van der Waals surface area (Å²) < 4.78 is 7.31. The van der Waals surface area contributed by atoms with Gasteiger partial charge < -0.3 is 9.53 Å². The van der Waals surface area contributed by atoms with E-state index in [0.717, 1.165) is 17.8 Å². The monoisotopic (exact) mass is 488 g/mol. The smallest absolute Gasteiger partial charge is 0.200 e. The molecular weight excluding hydrogens is 432 g/mol. The standard InChI is InChI=1S/C31H56O2Si/c1-20(2)34(21(3)4,22(5)6)33-25-14-16-30(8)24(18-25)10-11-26-28-13-12-27(23(7)19-32)31(28,9)17-15-29(26)30/h10,20-23,25-29,32H,11-19H2,1-9H3/t23?,25?,26-,27+,28-,29-,30-,31+/m0/s1. The van der Waals surface area contributed by atoms with Gasteiger partial charge in [0.1, 0.15) is 0 Å². The van der Waals surface area contributed by atoms with Crippen molar-refractivity contribution >= 4 is 8.32 Å². The molecule has 2 unspecified atom stereocenters. The molecule has 0 saturated heterocycles. The van der Waals surface area contributed by atoms with E-state index >= 15 is 0 Å². The fraction of sp³-hybridized carbons (Fsp3) is 0.935. The van der Waals surface area contributed by atoms with Crippen LogP contribution < -0.4 is 0 Å². The van der Waals surface area contributed by atoms with E-state index < -0.39 is 8.32 Å². The molecule has 34 heavy (non-hydrogen) atoms. The molecule has 196 valence electrons. The first-order chi connectivity index (χ1) is 15.9. The van der Waals surface area contributed by atoms with Crippen LogP contribution in [0.1, 0.15) is 114 Å². The van der Waals surface area contributed by atoms with E-state index in [2.05, 4.69) is 68.4 Å². The molecule has 4 aliphatic rings. The molecule has 2 nitrogen and oxygen atoms in total. The number of aliphatic hydroxyl groups excluding tert-OH is 1. The Morgan fingerprint density at radius 1 is 0.912 bits per heavy atom. The number of rotatable bonds is 7. The van der Waals surface area contributed by atoms with Crippen molar-refractivity contribution in [2.45, 2.75) is 136 Å².